The van der Waals surface area contributed by atoms with E-state index in [1.165, 1.54) is 25.3 Å². The van der Waals surface area contributed by atoms with Crippen LogP contribution in [-0.4, -0.2) is 16.6 Å². The number of hydrogen-bond donors (Lipinski definition) is 0. The van der Waals surface area contributed by atoms with E-state index in [-0.39, 0.29) is 0 Å². The van der Waals surface area contributed by atoms with E-state index in [2.05, 4.69) is 47.0 Å². The first kappa shape index (κ1) is 15.4. The van der Waals surface area contributed by atoms with E-state index in [4.69, 9.17) is 4.12 Å². The average molecular weight is 247 g/mol. The Morgan fingerprint density at radius 1 is 1.07 bits per heavy atom. The van der Waals surface area contributed by atoms with Gasteiger partial charge in [0.1, 0.15) is 0 Å². The Morgan fingerprint density at radius 3 is 2.00 bits per heavy atom. The van der Waals surface area contributed by atoms with Crippen molar-refractivity contribution in [1.82, 2.24) is 0 Å². The molecule has 0 aliphatic carbocycles. The molecule has 0 fully saturated rings. The van der Waals surface area contributed by atoms with Gasteiger partial charge >= 0.3 is 0 Å². The van der Waals surface area contributed by atoms with Crippen LogP contribution in [0.3, 0.4) is 0 Å². The summed E-state index contributed by atoms with van der Waals surface area (Å²) in [7, 11) is -2.81. The molecule has 0 aliphatic rings. The minimum atomic E-state index is -1.43. The summed E-state index contributed by atoms with van der Waals surface area (Å²) in [5.74, 6) is 0. The van der Waals surface area contributed by atoms with Gasteiger partial charge in [-0.15, -0.1) is 0 Å². The van der Waals surface area contributed by atoms with E-state index >= 15 is 0 Å². The molecule has 0 aliphatic heterocycles. The quantitative estimate of drug-likeness (QED) is 0.574. The molecule has 1 unspecified atom stereocenters. The van der Waals surface area contributed by atoms with Crippen LogP contribution < -0.4 is 0 Å². The molecular weight excluding hydrogens is 216 g/mol. The Morgan fingerprint density at radius 2 is 1.60 bits per heavy atom. The fourth-order valence-corrected chi connectivity index (χ4v) is 11.1. The van der Waals surface area contributed by atoms with Crippen LogP contribution in [0.25, 0.3) is 0 Å². The molecule has 0 saturated carbocycles. The highest BCUT2D eigenvalue weighted by molar-refractivity contribution is 6.85. The zero-order chi connectivity index (χ0) is 12.1. The maximum atomic E-state index is 6.56. The van der Waals surface area contributed by atoms with Crippen molar-refractivity contribution >= 4 is 16.6 Å². The van der Waals surface area contributed by atoms with Crippen LogP contribution in [0.15, 0.2) is 0 Å². The summed E-state index contributed by atoms with van der Waals surface area (Å²) in [4.78, 5) is 0. The molecule has 0 amide bonds. The van der Waals surface area contributed by atoms with Gasteiger partial charge < -0.3 is 4.12 Å². The van der Waals surface area contributed by atoms with E-state index in [0.717, 1.165) is 5.54 Å². The Labute approximate surface area is 98.9 Å². The molecule has 3 heteroatoms. The molecule has 0 N–H and O–H groups in total. The van der Waals surface area contributed by atoms with Gasteiger partial charge in [0.25, 0.3) is 0 Å². The first-order valence-electron chi connectivity index (χ1n) is 6.45. The lowest BCUT2D eigenvalue weighted by molar-refractivity contribution is 0.511. The van der Waals surface area contributed by atoms with Gasteiger partial charge in [-0.05, 0) is 37.8 Å². The van der Waals surface area contributed by atoms with Crippen LogP contribution in [0, 0.1) is 0 Å². The molecule has 1 nitrogen and oxygen atoms in total. The van der Waals surface area contributed by atoms with Crippen molar-refractivity contribution in [2.75, 3.05) is 0 Å². The summed E-state index contributed by atoms with van der Waals surface area (Å²) in [5, 5.41) is 0. The number of hydrogen-bond acceptors (Lipinski definition) is 1. The lowest BCUT2D eigenvalue weighted by Gasteiger charge is -2.37. The summed E-state index contributed by atoms with van der Waals surface area (Å²) in [5.41, 5.74) is 0.783. The van der Waals surface area contributed by atoms with Crippen LogP contribution in [0.4, 0.5) is 0 Å². The lowest BCUT2D eigenvalue weighted by Crippen LogP contribution is -2.46. The molecule has 0 spiro atoms. The summed E-state index contributed by atoms with van der Waals surface area (Å²) < 4.78 is 6.56. The highest BCUT2D eigenvalue weighted by atomic mass is 28.4. The highest BCUT2D eigenvalue weighted by Gasteiger charge is 2.35. The highest BCUT2D eigenvalue weighted by Crippen LogP contribution is 2.30. The van der Waals surface area contributed by atoms with Gasteiger partial charge in [-0.1, -0.05) is 40.0 Å². The first-order chi connectivity index (χ1) is 6.75. The fourth-order valence-electron chi connectivity index (χ4n) is 1.96. The molecule has 1 atom stereocenters. The van der Waals surface area contributed by atoms with Crippen molar-refractivity contribution in [3.05, 3.63) is 0 Å². The monoisotopic (exact) mass is 246 g/mol. The third-order valence-corrected chi connectivity index (χ3v) is 12.1. The molecule has 0 saturated heterocycles. The van der Waals surface area contributed by atoms with Gasteiger partial charge in [0, 0.05) is 0 Å². The molecule has 92 valence electrons. The third-order valence-electron chi connectivity index (χ3n) is 3.47. The number of rotatable bonds is 7. The second kappa shape index (κ2) is 6.21. The van der Waals surface area contributed by atoms with E-state index in [1.807, 2.05) is 0 Å². The predicted molar refractivity (Wildman–Crippen MR) is 75.5 cm³/mol. The van der Waals surface area contributed by atoms with Crippen LogP contribution in [0.5, 0.6) is 0 Å². The summed E-state index contributed by atoms with van der Waals surface area (Å²) in [6.07, 6.45) is 3.90. The first-order valence-corrected chi connectivity index (χ1v) is 12.6. The molecule has 0 heterocycles. The van der Waals surface area contributed by atoms with Gasteiger partial charge in [-0.25, -0.2) is 0 Å². The van der Waals surface area contributed by atoms with Crippen molar-refractivity contribution in [2.24, 2.45) is 0 Å². The fraction of sp³-hybridized carbons (Fsp3) is 1.00. The molecule has 0 radical (unpaired) electrons. The van der Waals surface area contributed by atoms with E-state index in [0.29, 0.717) is 0 Å². The SMILES string of the molecule is CCCC[Si](C)(C)O[Si](C)(C)C(C)CC. The Bertz CT molecular complexity index is 178. The molecule has 0 rings (SSSR count). The molecule has 0 aromatic heterocycles. The summed E-state index contributed by atoms with van der Waals surface area (Å²) in [6, 6.07) is 1.33. The molecule has 0 bridgehead atoms. The zero-order valence-corrected chi connectivity index (χ0v) is 13.8. The second-order valence-corrected chi connectivity index (χ2v) is 14.9. The van der Waals surface area contributed by atoms with Crippen molar-refractivity contribution in [2.45, 2.75) is 77.8 Å². The number of unbranched alkanes of at least 4 members (excludes halogenated alkanes) is 1. The summed E-state index contributed by atoms with van der Waals surface area (Å²) in [6.45, 7) is 16.5. The second-order valence-electron chi connectivity index (χ2n) is 5.88. The van der Waals surface area contributed by atoms with Gasteiger partial charge in [0.05, 0.1) is 0 Å². The standard InChI is InChI=1S/C12H30OSi2/c1-8-10-11-14(4,5)13-15(6,7)12(3)9-2/h12H,8-11H2,1-7H3. The van der Waals surface area contributed by atoms with Crippen molar-refractivity contribution in [1.29, 1.82) is 0 Å². The van der Waals surface area contributed by atoms with Gasteiger partial charge in [-0.3, -0.25) is 0 Å². The van der Waals surface area contributed by atoms with Crippen LogP contribution in [0.2, 0.25) is 37.8 Å². The van der Waals surface area contributed by atoms with Crippen LogP contribution >= 0.6 is 0 Å². The molecule has 15 heavy (non-hydrogen) atoms. The Hall–Kier alpha value is 0.394. The smallest absolute Gasteiger partial charge is 0.176 e. The van der Waals surface area contributed by atoms with Gasteiger partial charge in [0.15, 0.2) is 16.6 Å². The molecule has 0 aromatic carbocycles. The minimum absolute atomic E-state index is 0.783. The summed E-state index contributed by atoms with van der Waals surface area (Å²) >= 11 is 0. The molecular formula is C12H30OSi2. The van der Waals surface area contributed by atoms with Crippen molar-refractivity contribution < 1.29 is 4.12 Å². The van der Waals surface area contributed by atoms with Crippen molar-refractivity contribution in [3.63, 3.8) is 0 Å². The Balaban J connectivity index is 4.29. The Kier molecular flexibility index (Phi) is 6.37. The van der Waals surface area contributed by atoms with Crippen molar-refractivity contribution in [3.8, 4) is 0 Å². The lowest BCUT2D eigenvalue weighted by atomic mass is 10.4. The van der Waals surface area contributed by atoms with Crippen LogP contribution in [-0.2, 0) is 4.12 Å². The van der Waals surface area contributed by atoms with Crippen LogP contribution in [0.1, 0.15) is 40.0 Å². The predicted octanol–water partition coefficient (Wildman–Crippen LogP) is 5.01. The van der Waals surface area contributed by atoms with Gasteiger partial charge in [-0.2, -0.15) is 0 Å². The van der Waals surface area contributed by atoms with E-state index in [9.17, 15) is 0 Å². The normalized spacial score (nSPS) is 15.4. The average Bonchev–Trinajstić information content (AvgIpc) is 2.11. The van der Waals surface area contributed by atoms with E-state index < -0.39 is 16.6 Å². The maximum absolute atomic E-state index is 6.56. The largest absolute Gasteiger partial charge is 0.455 e. The zero-order valence-electron chi connectivity index (χ0n) is 11.8. The third kappa shape index (κ3) is 5.88. The van der Waals surface area contributed by atoms with E-state index in [1.54, 1.807) is 0 Å². The molecule has 0 aromatic rings. The topological polar surface area (TPSA) is 9.23 Å². The van der Waals surface area contributed by atoms with Gasteiger partial charge in [0.2, 0.25) is 0 Å². The minimum Gasteiger partial charge on any atom is -0.455 e. The maximum Gasteiger partial charge on any atom is 0.176 e.